The van der Waals surface area contributed by atoms with Crippen LogP contribution in [0.25, 0.3) is 0 Å². The third-order valence-corrected chi connectivity index (χ3v) is 4.37. The summed E-state index contributed by atoms with van der Waals surface area (Å²) in [4.78, 5) is 0. The Labute approximate surface area is 92.1 Å². The van der Waals surface area contributed by atoms with Crippen LogP contribution in [-0.4, -0.2) is 14.1 Å². The molecular formula is C11H19BrSi. The highest BCUT2D eigenvalue weighted by molar-refractivity contribution is 9.09. The molecule has 0 radical (unpaired) electrons. The van der Waals surface area contributed by atoms with Gasteiger partial charge in [-0.15, -0.1) is 0 Å². The fraction of sp³-hybridized carbons (Fsp3) is 0.455. The standard InChI is InChI=1S/C7H8.C4H11BrSi/c1-7-5-3-2-4-6-7;1-6(2)4-3-5/h2-6H,1H3;6H,3-4H2,1-2H3. The summed E-state index contributed by atoms with van der Waals surface area (Å²) in [6, 6.07) is 11.7. The first-order valence-corrected chi connectivity index (χ1v) is 8.99. The van der Waals surface area contributed by atoms with Crippen molar-refractivity contribution in [2.75, 3.05) is 5.33 Å². The lowest BCUT2D eigenvalue weighted by Gasteiger charge is -1.92. The molecule has 0 aliphatic rings. The van der Waals surface area contributed by atoms with E-state index in [1.165, 1.54) is 16.9 Å². The van der Waals surface area contributed by atoms with Crippen molar-refractivity contribution < 1.29 is 0 Å². The van der Waals surface area contributed by atoms with Crippen molar-refractivity contribution in [3.63, 3.8) is 0 Å². The third kappa shape index (κ3) is 9.83. The Kier molecular flexibility index (Phi) is 8.46. The van der Waals surface area contributed by atoms with Gasteiger partial charge in [0.1, 0.15) is 0 Å². The molecule has 0 aromatic heterocycles. The average Bonchev–Trinajstić information content (AvgIpc) is 2.06. The van der Waals surface area contributed by atoms with Gasteiger partial charge in [-0.2, -0.15) is 0 Å². The lowest BCUT2D eigenvalue weighted by Crippen LogP contribution is -1.97. The minimum absolute atomic E-state index is 0.217. The molecular weight excluding hydrogens is 240 g/mol. The van der Waals surface area contributed by atoms with Crippen LogP contribution in [0.3, 0.4) is 0 Å². The maximum absolute atomic E-state index is 3.38. The number of halogens is 1. The predicted molar refractivity (Wildman–Crippen MR) is 68.7 cm³/mol. The van der Waals surface area contributed by atoms with Crippen molar-refractivity contribution in [2.45, 2.75) is 26.1 Å². The van der Waals surface area contributed by atoms with E-state index in [4.69, 9.17) is 0 Å². The Bertz CT molecular complexity index is 197. The maximum atomic E-state index is 3.38. The molecule has 0 aliphatic heterocycles. The highest BCUT2D eigenvalue weighted by Gasteiger charge is 1.89. The van der Waals surface area contributed by atoms with E-state index in [-0.39, 0.29) is 8.80 Å². The summed E-state index contributed by atoms with van der Waals surface area (Å²) in [7, 11) is -0.217. The first-order valence-electron chi connectivity index (χ1n) is 4.74. The molecule has 0 saturated carbocycles. The zero-order valence-electron chi connectivity index (χ0n) is 8.76. The molecule has 1 aromatic rings. The van der Waals surface area contributed by atoms with Gasteiger partial charge in [-0.05, 0) is 6.92 Å². The molecule has 0 nitrogen and oxygen atoms in total. The Morgan fingerprint density at radius 1 is 1.15 bits per heavy atom. The van der Waals surface area contributed by atoms with E-state index in [1.807, 2.05) is 18.2 Å². The average molecular weight is 259 g/mol. The van der Waals surface area contributed by atoms with Gasteiger partial charge in [-0.25, -0.2) is 0 Å². The molecule has 1 aromatic carbocycles. The molecule has 13 heavy (non-hydrogen) atoms. The molecule has 74 valence electrons. The molecule has 0 saturated heterocycles. The summed E-state index contributed by atoms with van der Waals surface area (Å²) in [5.41, 5.74) is 1.32. The van der Waals surface area contributed by atoms with Crippen LogP contribution in [0.15, 0.2) is 30.3 Å². The molecule has 0 aliphatic carbocycles. The van der Waals surface area contributed by atoms with E-state index < -0.39 is 0 Å². The van der Waals surface area contributed by atoms with Crippen molar-refractivity contribution in [2.24, 2.45) is 0 Å². The third-order valence-electron chi connectivity index (χ3n) is 1.63. The van der Waals surface area contributed by atoms with Crippen LogP contribution in [-0.2, 0) is 0 Å². The number of rotatable bonds is 2. The molecule has 0 fully saturated rings. The van der Waals surface area contributed by atoms with Gasteiger partial charge >= 0.3 is 0 Å². The van der Waals surface area contributed by atoms with Gasteiger partial charge in [0, 0.05) is 14.1 Å². The molecule has 0 bridgehead atoms. The van der Waals surface area contributed by atoms with E-state index in [2.05, 4.69) is 48.1 Å². The summed E-state index contributed by atoms with van der Waals surface area (Å²) in [6.07, 6.45) is 0. The predicted octanol–water partition coefficient (Wildman–Crippen LogP) is 3.86. The Hall–Kier alpha value is -0.0831. The highest BCUT2D eigenvalue weighted by Crippen LogP contribution is 1.93. The van der Waals surface area contributed by atoms with Crippen LogP contribution in [0, 0.1) is 6.92 Å². The Balaban J connectivity index is 0.000000226. The van der Waals surface area contributed by atoms with E-state index in [9.17, 15) is 0 Å². The van der Waals surface area contributed by atoms with Crippen molar-refractivity contribution in [1.29, 1.82) is 0 Å². The number of hydrogen-bond donors (Lipinski definition) is 0. The van der Waals surface area contributed by atoms with Crippen molar-refractivity contribution in [3.8, 4) is 0 Å². The second-order valence-corrected chi connectivity index (χ2v) is 7.68. The van der Waals surface area contributed by atoms with Gasteiger partial charge in [0.2, 0.25) is 0 Å². The van der Waals surface area contributed by atoms with Gasteiger partial charge < -0.3 is 0 Å². The summed E-state index contributed by atoms with van der Waals surface area (Å²) in [5, 5.41) is 1.21. The van der Waals surface area contributed by atoms with Crippen LogP contribution < -0.4 is 0 Å². The Morgan fingerprint density at radius 3 is 1.85 bits per heavy atom. The normalized spacial score (nSPS) is 9.31. The second-order valence-electron chi connectivity index (χ2n) is 3.53. The zero-order chi connectivity index (χ0) is 10.1. The second kappa shape index (κ2) is 8.51. The molecule has 2 heteroatoms. The van der Waals surface area contributed by atoms with E-state index in [0.29, 0.717) is 0 Å². The van der Waals surface area contributed by atoms with E-state index in [0.717, 1.165) is 0 Å². The molecule has 0 heterocycles. The Morgan fingerprint density at radius 2 is 1.69 bits per heavy atom. The smallest absolute Gasteiger partial charge is 0.0313 e. The van der Waals surface area contributed by atoms with E-state index in [1.54, 1.807) is 0 Å². The summed E-state index contributed by atoms with van der Waals surface area (Å²) in [6.45, 7) is 6.81. The fourth-order valence-electron chi connectivity index (χ4n) is 0.753. The summed E-state index contributed by atoms with van der Waals surface area (Å²) >= 11 is 3.38. The van der Waals surface area contributed by atoms with Gasteiger partial charge in [-0.3, -0.25) is 0 Å². The molecule has 0 spiro atoms. The van der Waals surface area contributed by atoms with E-state index >= 15 is 0 Å². The van der Waals surface area contributed by atoms with Gasteiger partial charge in [0.15, 0.2) is 0 Å². The molecule has 0 unspecified atom stereocenters. The minimum Gasteiger partial charge on any atom is -0.0931 e. The molecule has 0 atom stereocenters. The van der Waals surface area contributed by atoms with Gasteiger partial charge in [0.05, 0.1) is 0 Å². The van der Waals surface area contributed by atoms with Crippen LogP contribution in [0.1, 0.15) is 5.56 Å². The summed E-state index contributed by atoms with van der Waals surface area (Å²) in [5.74, 6) is 0. The minimum atomic E-state index is -0.217. The van der Waals surface area contributed by atoms with Gasteiger partial charge in [-0.1, -0.05) is 71.0 Å². The number of alkyl halides is 1. The first-order chi connectivity index (χ1) is 6.16. The first kappa shape index (κ1) is 12.9. The van der Waals surface area contributed by atoms with Crippen LogP contribution in [0.4, 0.5) is 0 Å². The highest BCUT2D eigenvalue weighted by atomic mass is 79.9. The monoisotopic (exact) mass is 258 g/mol. The molecule has 0 amide bonds. The maximum Gasteiger partial charge on any atom is 0.0313 e. The van der Waals surface area contributed by atoms with Crippen LogP contribution >= 0.6 is 15.9 Å². The lowest BCUT2D eigenvalue weighted by atomic mass is 10.2. The number of aryl methyl sites for hydroxylation is 1. The zero-order valence-corrected chi connectivity index (χ0v) is 11.5. The largest absolute Gasteiger partial charge is 0.0931 e. The van der Waals surface area contributed by atoms with Crippen molar-refractivity contribution >= 4 is 24.7 Å². The number of hydrogen-bond acceptors (Lipinski definition) is 0. The van der Waals surface area contributed by atoms with Crippen molar-refractivity contribution in [3.05, 3.63) is 35.9 Å². The summed E-state index contributed by atoms with van der Waals surface area (Å²) < 4.78 is 0. The molecule has 0 N–H and O–H groups in total. The quantitative estimate of drug-likeness (QED) is 0.559. The number of benzene rings is 1. The van der Waals surface area contributed by atoms with Crippen LogP contribution in [0.2, 0.25) is 19.1 Å². The topological polar surface area (TPSA) is 0 Å². The van der Waals surface area contributed by atoms with Crippen LogP contribution in [0.5, 0.6) is 0 Å². The van der Waals surface area contributed by atoms with Crippen molar-refractivity contribution in [1.82, 2.24) is 0 Å². The van der Waals surface area contributed by atoms with Gasteiger partial charge in [0.25, 0.3) is 0 Å². The fourth-order valence-corrected chi connectivity index (χ4v) is 3.94. The lowest BCUT2D eigenvalue weighted by molar-refractivity contribution is 1.46. The SMILES string of the molecule is C[SiH](C)CCBr.Cc1ccccc1. The molecule has 1 rings (SSSR count).